The number of aromatic amines is 1. The number of rotatable bonds is 8. The Kier molecular flexibility index (Phi) is 8.81. The summed E-state index contributed by atoms with van der Waals surface area (Å²) in [6.07, 6.45) is 1.81. The monoisotopic (exact) mass is 638 g/mol. The molecule has 0 spiro atoms. The fourth-order valence-electron chi connectivity index (χ4n) is 4.80. The maximum Gasteiger partial charge on any atom is 0.416 e. The summed E-state index contributed by atoms with van der Waals surface area (Å²) in [4.78, 5) is 27.7. The molecule has 2 N–H and O–H groups in total. The van der Waals surface area contributed by atoms with E-state index < -0.39 is 17.6 Å². The maximum atomic E-state index is 13.7. The van der Waals surface area contributed by atoms with Crippen molar-refractivity contribution in [3.05, 3.63) is 105 Å². The van der Waals surface area contributed by atoms with Crippen LogP contribution in [0.5, 0.6) is 0 Å². The lowest BCUT2D eigenvalue weighted by Gasteiger charge is -2.24. The Morgan fingerprint density at radius 3 is 2.38 bits per heavy atom. The number of anilines is 2. The number of hydrogen-bond donors (Lipinski definition) is 2. The van der Waals surface area contributed by atoms with Crippen LogP contribution in [0.4, 0.5) is 24.8 Å². The second-order valence-electron chi connectivity index (χ2n) is 9.91. The molecule has 1 aliphatic carbocycles. The Balaban J connectivity index is 1.39. The van der Waals surface area contributed by atoms with E-state index in [1.807, 2.05) is 24.3 Å². The van der Waals surface area contributed by atoms with Crippen LogP contribution in [0.1, 0.15) is 58.3 Å². The number of tetrazole rings is 1. The number of nitrogens with zero attached hydrogens (tertiary/aromatic N) is 4. The number of carbonyl (C=O) groups is 2. The highest BCUT2D eigenvalue weighted by Gasteiger charge is 2.31. The highest BCUT2D eigenvalue weighted by Crippen LogP contribution is 2.33. The first-order valence-electron chi connectivity index (χ1n) is 13.3. The largest absolute Gasteiger partial charge is 0.416 e. The first-order chi connectivity index (χ1) is 20.2. The van der Waals surface area contributed by atoms with E-state index in [1.54, 1.807) is 29.2 Å². The van der Waals surface area contributed by atoms with Gasteiger partial charge in [0.2, 0.25) is 5.91 Å². The number of amides is 2. The number of carbonyl (C=O) groups excluding carboxylic acids is 2. The molecule has 4 aromatic rings. The minimum atomic E-state index is -4.54. The topological polar surface area (TPSA) is 104 Å². The Hall–Kier alpha value is -4.32. The van der Waals surface area contributed by atoms with E-state index in [4.69, 9.17) is 0 Å². The van der Waals surface area contributed by atoms with Crippen molar-refractivity contribution >= 4 is 45.0 Å². The van der Waals surface area contributed by atoms with Gasteiger partial charge in [-0.2, -0.15) is 18.4 Å². The molecule has 0 aliphatic heterocycles. The van der Waals surface area contributed by atoms with Crippen LogP contribution in [0.25, 0.3) is 5.57 Å². The van der Waals surface area contributed by atoms with E-state index >= 15 is 0 Å². The average Bonchev–Trinajstić information content (AvgIpc) is 3.49. The van der Waals surface area contributed by atoms with Gasteiger partial charge in [0.05, 0.1) is 18.5 Å². The third-order valence-electron chi connectivity index (χ3n) is 6.91. The van der Waals surface area contributed by atoms with Crippen molar-refractivity contribution in [1.82, 2.24) is 20.6 Å². The van der Waals surface area contributed by atoms with Gasteiger partial charge in [-0.1, -0.05) is 51.4 Å². The minimum Gasteiger partial charge on any atom is -0.308 e. The Morgan fingerprint density at radius 1 is 0.976 bits per heavy atom. The number of halogens is 4. The number of aromatic nitrogens is 4. The molecule has 12 heteroatoms. The molecule has 2 amide bonds. The van der Waals surface area contributed by atoms with Crippen LogP contribution in [-0.4, -0.2) is 32.4 Å². The molecule has 0 saturated carbocycles. The maximum absolute atomic E-state index is 13.7. The predicted molar refractivity (Wildman–Crippen MR) is 155 cm³/mol. The zero-order valence-corrected chi connectivity index (χ0v) is 23.9. The van der Waals surface area contributed by atoms with Crippen LogP contribution in [0.2, 0.25) is 0 Å². The molecular formula is C30H26BrF3N6O2. The van der Waals surface area contributed by atoms with E-state index in [9.17, 15) is 22.8 Å². The fraction of sp³-hybridized carbons (Fsp3) is 0.233. The predicted octanol–water partition coefficient (Wildman–Crippen LogP) is 6.97. The fourth-order valence-corrected chi connectivity index (χ4v) is 5.34. The molecule has 1 aliphatic rings. The van der Waals surface area contributed by atoms with E-state index in [0.717, 1.165) is 42.5 Å². The van der Waals surface area contributed by atoms with Crippen molar-refractivity contribution < 1.29 is 22.8 Å². The second-order valence-corrected chi connectivity index (χ2v) is 10.8. The third kappa shape index (κ3) is 7.30. The first-order valence-corrected chi connectivity index (χ1v) is 14.1. The summed E-state index contributed by atoms with van der Waals surface area (Å²) in [6.45, 7) is 0.147. The van der Waals surface area contributed by atoms with Crippen LogP contribution in [0, 0.1) is 0 Å². The van der Waals surface area contributed by atoms with Crippen LogP contribution in [-0.2, 0) is 23.9 Å². The Bertz CT molecular complexity index is 1590. The summed E-state index contributed by atoms with van der Waals surface area (Å²) >= 11 is 3.14. The summed E-state index contributed by atoms with van der Waals surface area (Å²) in [5, 5.41) is 15.5. The van der Waals surface area contributed by atoms with Crippen LogP contribution in [0.3, 0.4) is 0 Å². The summed E-state index contributed by atoms with van der Waals surface area (Å²) in [7, 11) is 0. The summed E-state index contributed by atoms with van der Waals surface area (Å²) < 4.78 is 40.5. The summed E-state index contributed by atoms with van der Waals surface area (Å²) in [5.41, 5.74) is 3.46. The number of hydrogen-bond acceptors (Lipinski definition) is 5. The average molecular weight is 639 g/mol. The minimum absolute atomic E-state index is 0.0366. The molecule has 0 unspecified atom stereocenters. The van der Waals surface area contributed by atoms with Crippen LogP contribution >= 0.6 is 15.9 Å². The van der Waals surface area contributed by atoms with Gasteiger partial charge in [-0.25, -0.2) is 0 Å². The molecule has 5 rings (SSSR count). The van der Waals surface area contributed by atoms with Gasteiger partial charge in [-0.05, 0) is 95.6 Å². The highest BCUT2D eigenvalue weighted by atomic mass is 79.9. The summed E-state index contributed by atoms with van der Waals surface area (Å²) in [6, 6.07) is 17.8. The molecule has 0 saturated heterocycles. The van der Waals surface area contributed by atoms with E-state index in [-0.39, 0.29) is 34.9 Å². The molecule has 216 valence electrons. The zero-order chi connectivity index (χ0) is 29.7. The van der Waals surface area contributed by atoms with E-state index in [1.165, 1.54) is 18.1 Å². The zero-order valence-electron chi connectivity index (χ0n) is 22.3. The third-order valence-corrected chi connectivity index (χ3v) is 7.37. The Labute approximate surface area is 248 Å². The van der Waals surface area contributed by atoms with Crippen molar-refractivity contribution in [3.63, 3.8) is 0 Å². The molecular weight excluding hydrogens is 613 g/mol. The molecule has 0 radical (unpaired) electrons. The van der Waals surface area contributed by atoms with Gasteiger partial charge in [0.25, 0.3) is 11.9 Å². The van der Waals surface area contributed by atoms with Crippen molar-refractivity contribution in [2.45, 2.75) is 44.8 Å². The molecule has 8 nitrogen and oxygen atoms in total. The van der Waals surface area contributed by atoms with Gasteiger partial charge in [0.1, 0.15) is 0 Å². The van der Waals surface area contributed by atoms with Gasteiger partial charge >= 0.3 is 6.18 Å². The van der Waals surface area contributed by atoms with Gasteiger partial charge in [-0.15, -0.1) is 5.10 Å². The van der Waals surface area contributed by atoms with Crippen molar-refractivity contribution in [1.29, 1.82) is 0 Å². The van der Waals surface area contributed by atoms with Crippen LogP contribution in [0.15, 0.2) is 77.3 Å². The van der Waals surface area contributed by atoms with Crippen molar-refractivity contribution in [2.75, 3.05) is 10.2 Å². The Morgan fingerprint density at radius 2 is 1.74 bits per heavy atom. The molecule has 42 heavy (non-hydrogen) atoms. The lowest BCUT2D eigenvalue weighted by molar-refractivity contribution is -0.137. The lowest BCUT2D eigenvalue weighted by atomic mass is 9.93. The van der Waals surface area contributed by atoms with Crippen LogP contribution < -0.4 is 10.2 Å². The van der Waals surface area contributed by atoms with Gasteiger partial charge in [0, 0.05) is 15.7 Å². The molecule has 1 heterocycles. The van der Waals surface area contributed by atoms with Gasteiger partial charge in [0.15, 0.2) is 0 Å². The molecule has 1 aromatic heterocycles. The first kappa shape index (κ1) is 29.2. The standard InChI is InChI=1S/C30H26BrF3N6O2/c31-25-15-20(14-24(17-25)30(32,33)34)16-27(41)40(26-12-10-22(11-13-26)21-4-2-1-3-5-21)18-19-6-8-23(9-7-19)28(42)35-29-36-38-39-37-29/h4,6-15,17H,1-3,5,16,18H2,(H2,35,36,37,38,39,42). The van der Waals surface area contributed by atoms with E-state index in [0.29, 0.717) is 11.3 Å². The number of nitrogens with one attached hydrogen (secondary N) is 2. The number of H-pyrrole nitrogens is 1. The molecule has 3 aromatic carbocycles. The normalized spacial score (nSPS) is 13.4. The number of allylic oxidation sites excluding steroid dienone is 2. The van der Waals surface area contributed by atoms with Crippen molar-refractivity contribution in [2.24, 2.45) is 0 Å². The van der Waals surface area contributed by atoms with E-state index in [2.05, 4.69) is 47.9 Å². The van der Waals surface area contributed by atoms with Gasteiger partial charge < -0.3 is 4.90 Å². The number of alkyl halides is 3. The molecule has 0 fully saturated rings. The SMILES string of the molecule is O=C(Nc1nn[nH]n1)c1ccc(CN(C(=O)Cc2cc(Br)cc(C(F)(F)F)c2)c2ccc(C3=CCCCC3)cc2)cc1. The molecule has 0 bridgehead atoms. The van der Waals surface area contributed by atoms with Gasteiger partial charge in [-0.3, -0.25) is 14.9 Å². The number of benzene rings is 3. The lowest BCUT2D eigenvalue weighted by Crippen LogP contribution is -2.32. The smallest absolute Gasteiger partial charge is 0.308 e. The molecule has 0 atom stereocenters. The second kappa shape index (κ2) is 12.7. The quantitative estimate of drug-likeness (QED) is 0.217. The van der Waals surface area contributed by atoms with Crippen molar-refractivity contribution in [3.8, 4) is 0 Å². The summed E-state index contributed by atoms with van der Waals surface area (Å²) in [5.74, 6) is -0.766. The highest BCUT2D eigenvalue weighted by molar-refractivity contribution is 9.10.